The number of nitrogens with zero attached hydrogens (tertiary/aromatic N) is 4. The number of tetrazole rings is 1. The van der Waals surface area contributed by atoms with Crippen molar-refractivity contribution in [2.24, 2.45) is 5.92 Å². The van der Waals surface area contributed by atoms with Crippen LogP contribution in [0, 0.1) is 5.92 Å². The van der Waals surface area contributed by atoms with Crippen LogP contribution in [0.2, 0.25) is 0 Å². The number of ether oxygens (including phenoxy) is 2. The van der Waals surface area contributed by atoms with Crippen molar-refractivity contribution in [2.45, 2.75) is 18.9 Å². The van der Waals surface area contributed by atoms with Crippen LogP contribution in [0.3, 0.4) is 0 Å². The van der Waals surface area contributed by atoms with Crippen LogP contribution in [0.15, 0.2) is 54.9 Å². The number of hydrogen-bond acceptors (Lipinski definition) is 7. The van der Waals surface area contributed by atoms with Crippen molar-refractivity contribution in [1.29, 1.82) is 0 Å². The molecule has 1 amide bonds. The molecule has 3 aromatic rings. The highest BCUT2D eigenvalue weighted by Crippen LogP contribution is 2.41. The lowest BCUT2D eigenvalue weighted by Gasteiger charge is -2.19. The van der Waals surface area contributed by atoms with Crippen LogP contribution >= 0.6 is 0 Å². The van der Waals surface area contributed by atoms with Gasteiger partial charge in [0.25, 0.3) is 5.91 Å². The molecule has 30 heavy (non-hydrogen) atoms. The van der Waals surface area contributed by atoms with Gasteiger partial charge in [0.2, 0.25) is 0 Å². The second-order valence-electron chi connectivity index (χ2n) is 7.04. The van der Waals surface area contributed by atoms with E-state index < -0.39 is 5.97 Å². The van der Waals surface area contributed by atoms with Crippen LogP contribution in [0.4, 0.5) is 0 Å². The van der Waals surface area contributed by atoms with Crippen molar-refractivity contribution in [3.8, 4) is 11.4 Å². The zero-order valence-corrected chi connectivity index (χ0v) is 16.4. The van der Waals surface area contributed by atoms with Crippen LogP contribution in [0.5, 0.6) is 5.75 Å². The molecule has 0 bridgehead atoms. The minimum atomic E-state index is -0.590. The lowest BCUT2D eigenvalue weighted by molar-refractivity contribution is -0.125. The van der Waals surface area contributed by atoms with Gasteiger partial charge in [0.1, 0.15) is 12.1 Å². The average molecular weight is 407 g/mol. The fourth-order valence-corrected chi connectivity index (χ4v) is 3.20. The Bertz CT molecular complexity index is 1020. The van der Waals surface area contributed by atoms with E-state index in [1.165, 1.54) is 11.0 Å². The van der Waals surface area contributed by atoms with Crippen molar-refractivity contribution in [3.63, 3.8) is 0 Å². The monoisotopic (exact) mass is 407 g/mol. The third-order valence-corrected chi connectivity index (χ3v) is 4.91. The Kier molecular flexibility index (Phi) is 5.69. The predicted molar refractivity (Wildman–Crippen MR) is 106 cm³/mol. The zero-order valence-electron chi connectivity index (χ0n) is 16.4. The summed E-state index contributed by atoms with van der Waals surface area (Å²) in [5, 5.41) is 13.9. The summed E-state index contributed by atoms with van der Waals surface area (Å²) in [6.07, 6.45) is 3.54. The summed E-state index contributed by atoms with van der Waals surface area (Å²) in [5.41, 5.74) is 1.93. The van der Waals surface area contributed by atoms with E-state index in [9.17, 15) is 9.59 Å². The first-order valence-corrected chi connectivity index (χ1v) is 9.58. The normalized spacial score (nSPS) is 14.0. The van der Waals surface area contributed by atoms with Gasteiger partial charge in [0.05, 0.1) is 24.4 Å². The van der Waals surface area contributed by atoms with E-state index in [4.69, 9.17) is 9.47 Å². The van der Waals surface area contributed by atoms with Crippen LogP contribution in [-0.2, 0) is 9.53 Å². The molecule has 1 aromatic heterocycles. The summed E-state index contributed by atoms with van der Waals surface area (Å²) in [6, 6.07) is 14.2. The van der Waals surface area contributed by atoms with Gasteiger partial charge in [-0.1, -0.05) is 18.2 Å². The fraction of sp³-hybridized carbons (Fsp3) is 0.286. The molecule has 0 aliphatic heterocycles. The number of benzene rings is 2. The van der Waals surface area contributed by atoms with Gasteiger partial charge in [0.15, 0.2) is 6.61 Å². The first-order valence-electron chi connectivity index (χ1n) is 9.58. The number of methoxy groups -OCH3 is 1. The third kappa shape index (κ3) is 4.62. The third-order valence-electron chi connectivity index (χ3n) is 4.91. The maximum Gasteiger partial charge on any atom is 0.338 e. The summed E-state index contributed by atoms with van der Waals surface area (Å²) in [7, 11) is 1.61. The van der Waals surface area contributed by atoms with Gasteiger partial charge < -0.3 is 14.8 Å². The van der Waals surface area contributed by atoms with Crippen molar-refractivity contribution < 1.29 is 19.1 Å². The number of esters is 1. The molecular formula is C21H21N5O4. The van der Waals surface area contributed by atoms with E-state index in [1.54, 1.807) is 31.4 Å². The Labute approximate surface area is 173 Å². The predicted octanol–water partition coefficient (Wildman–Crippen LogP) is 2.10. The van der Waals surface area contributed by atoms with Crippen molar-refractivity contribution in [3.05, 3.63) is 66.0 Å². The quantitative estimate of drug-likeness (QED) is 0.570. The van der Waals surface area contributed by atoms with E-state index in [1.807, 2.05) is 24.3 Å². The fourth-order valence-electron chi connectivity index (χ4n) is 3.20. The Hall–Kier alpha value is -3.75. The molecule has 1 aliphatic carbocycles. The first-order chi connectivity index (χ1) is 14.6. The van der Waals surface area contributed by atoms with Gasteiger partial charge in [-0.3, -0.25) is 4.79 Å². The number of amides is 1. The molecule has 1 heterocycles. The lowest BCUT2D eigenvalue weighted by Crippen LogP contribution is -2.33. The van der Waals surface area contributed by atoms with Crippen molar-refractivity contribution in [2.75, 3.05) is 13.7 Å². The minimum Gasteiger partial charge on any atom is -0.497 e. The minimum absolute atomic E-state index is 0.106. The van der Waals surface area contributed by atoms with Crippen molar-refractivity contribution in [1.82, 2.24) is 25.5 Å². The number of carbonyl (C=O) groups is 2. The summed E-state index contributed by atoms with van der Waals surface area (Å²) in [5.74, 6) is 0.226. The molecule has 4 rings (SSSR count). The number of carbonyl (C=O) groups excluding carboxylic acids is 2. The number of hydrogen-bond donors (Lipinski definition) is 1. The highest BCUT2D eigenvalue weighted by Gasteiger charge is 2.33. The van der Waals surface area contributed by atoms with Gasteiger partial charge in [0, 0.05) is 0 Å². The van der Waals surface area contributed by atoms with Gasteiger partial charge in [-0.15, -0.1) is 5.10 Å². The Morgan fingerprint density at radius 1 is 1.20 bits per heavy atom. The molecule has 1 atom stereocenters. The summed E-state index contributed by atoms with van der Waals surface area (Å²) < 4.78 is 11.8. The zero-order chi connectivity index (χ0) is 20.9. The largest absolute Gasteiger partial charge is 0.497 e. The molecule has 2 aromatic carbocycles. The smallest absolute Gasteiger partial charge is 0.338 e. The molecular weight excluding hydrogens is 386 g/mol. The second-order valence-corrected chi connectivity index (χ2v) is 7.04. The Morgan fingerprint density at radius 3 is 2.67 bits per heavy atom. The maximum atomic E-state index is 12.4. The molecule has 1 aliphatic rings. The lowest BCUT2D eigenvalue weighted by atomic mass is 10.0. The molecule has 154 valence electrons. The topological polar surface area (TPSA) is 108 Å². The maximum absolute atomic E-state index is 12.4. The SMILES string of the molecule is COc1ccc(C(NC(=O)COC(=O)c2cccc(-n3cnnn3)c2)C2CC2)cc1. The summed E-state index contributed by atoms with van der Waals surface area (Å²) in [6.45, 7) is -0.354. The van der Waals surface area contributed by atoms with Crippen LogP contribution in [0.1, 0.15) is 34.8 Å². The molecule has 1 N–H and O–H groups in total. The van der Waals surface area contributed by atoms with Gasteiger partial charge in [-0.25, -0.2) is 9.48 Å². The number of aromatic nitrogens is 4. The number of rotatable bonds is 8. The second kappa shape index (κ2) is 8.73. The average Bonchev–Trinajstić information content (AvgIpc) is 3.48. The van der Waals surface area contributed by atoms with E-state index in [-0.39, 0.29) is 18.6 Å². The molecule has 1 fully saturated rings. The van der Waals surface area contributed by atoms with E-state index in [0.717, 1.165) is 24.2 Å². The molecule has 9 nitrogen and oxygen atoms in total. The molecule has 0 saturated heterocycles. The van der Waals surface area contributed by atoms with Gasteiger partial charge in [-0.05, 0) is 65.1 Å². The summed E-state index contributed by atoms with van der Waals surface area (Å²) in [4.78, 5) is 24.8. The van der Waals surface area contributed by atoms with Crippen molar-refractivity contribution >= 4 is 11.9 Å². The first kappa shape index (κ1) is 19.6. The molecule has 0 spiro atoms. The highest BCUT2D eigenvalue weighted by atomic mass is 16.5. The van der Waals surface area contributed by atoms with Crippen LogP contribution in [-0.4, -0.2) is 45.8 Å². The van der Waals surface area contributed by atoms with Crippen LogP contribution < -0.4 is 10.1 Å². The van der Waals surface area contributed by atoms with Gasteiger partial charge >= 0.3 is 5.97 Å². The van der Waals surface area contributed by atoms with E-state index >= 15 is 0 Å². The Balaban J connectivity index is 1.35. The summed E-state index contributed by atoms with van der Waals surface area (Å²) >= 11 is 0. The molecule has 1 unspecified atom stereocenters. The number of nitrogens with one attached hydrogen (secondary N) is 1. The standard InChI is InChI=1S/C21H21N5O4/c1-29-18-9-7-15(8-10-18)20(14-5-6-14)23-19(27)12-30-21(28)16-3-2-4-17(11-16)26-13-22-24-25-26/h2-4,7-11,13-14,20H,5-6,12H2,1H3,(H,23,27). The highest BCUT2D eigenvalue weighted by molar-refractivity contribution is 5.91. The Morgan fingerprint density at radius 2 is 2.00 bits per heavy atom. The van der Waals surface area contributed by atoms with Gasteiger partial charge in [-0.2, -0.15) is 0 Å². The molecule has 0 radical (unpaired) electrons. The van der Waals surface area contributed by atoms with E-state index in [0.29, 0.717) is 17.2 Å². The van der Waals surface area contributed by atoms with E-state index in [2.05, 4.69) is 20.8 Å². The van der Waals surface area contributed by atoms with Crippen LogP contribution in [0.25, 0.3) is 5.69 Å². The molecule has 9 heteroatoms. The molecule has 1 saturated carbocycles.